The summed E-state index contributed by atoms with van der Waals surface area (Å²) in [7, 11) is 1.59. The average molecular weight is 317 g/mol. The van der Waals surface area contributed by atoms with Gasteiger partial charge < -0.3 is 10.1 Å². The second-order valence-electron chi connectivity index (χ2n) is 4.47. The van der Waals surface area contributed by atoms with Crippen molar-refractivity contribution in [2.24, 2.45) is 5.10 Å². The maximum Gasteiger partial charge on any atom is 0.191 e. The molecule has 22 heavy (non-hydrogen) atoms. The third kappa shape index (κ3) is 4.26. The standard InChI is InChI=1S/C16H16FN3OS/c1-11(14-8-3-4-9-15(14)17)19-20-16(22)18-12-6-5-7-13(10-12)21-2/h3-10H,1-2H3,(H2,18,20,22)/b19-11+. The summed E-state index contributed by atoms with van der Waals surface area (Å²) >= 11 is 5.15. The molecule has 0 saturated carbocycles. The second-order valence-corrected chi connectivity index (χ2v) is 4.88. The molecule has 0 bridgehead atoms. The third-order valence-corrected chi connectivity index (χ3v) is 3.11. The number of thiocarbonyl (C=S) groups is 1. The lowest BCUT2D eigenvalue weighted by Crippen LogP contribution is -2.25. The van der Waals surface area contributed by atoms with Crippen LogP contribution < -0.4 is 15.5 Å². The lowest BCUT2D eigenvalue weighted by molar-refractivity contribution is 0.415. The first-order valence-electron chi connectivity index (χ1n) is 6.60. The molecule has 0 heterocycles. The maximum absolute atomic E-state index is 13.6. The van der Waals surface area contributed by atoms with E-state index in [4.69, 9.17) is 17.0 Å². The van der Waals surface area contributed by atoms with Crippen molar-refractivity contribution in [3.63, 3.8) is 0 Å². The Kier molecular flexibility index (Phi) is 5.43. The van der Waals surface area contributed by atoms with Crippen molar-refractivity contribution < 1.29 is 9.13 Å². The number of hydrogen-bond donors (Lipinski definition) is 2. The van der Waals surface area contributed by atoms with Gasteiger partial charge in [-0.3, -0.25) is 5.43 Å². The predicted molar refractivity (Wildman–Crippen MR) is 91.0 cm³/mol. The highest BCUT2D eigenvalue weighted by Gasteiger charge is 2.04. The number of halogens is 1. The van der Waals surface area contributed by atoms with Crippen molar-refractivity contribution in [3.05, 3.63) is 59.9 Å². The molecule has 0 aromatic heterocycles. The largest absolute Gasteiger partial charge is 0.497 e. The molecular formula is C16H16FN3OS. The highest BCUT2D eigenvalue weighted by atomic mass is 32.1. The van der Waals surface area contributed by atoms with Crippen molar-refractivity contribution in [1.82, 2.24) is 5.43 Å². The molecule has 2 aromatic carbocycles. The van der Waals surface area contributed by atoms with E-state index < -0.39 is 0 Å². The van der Waals surface area contributed by atoms with Crippen molar-refractivity contribution >= 4 is 28.7 Å². The molecule has 0 unspecified atom stereocenters. The van der Waals surface area contributed by atoms with Gasteiger partial charge in [0.25, 0.3) is 0 Å². The van der Waals surface area contributed by atoms with E-state index in [0.29, 0.717) is 16.4 Å². The number of nitrogens with one attached hydrogen (secondary N) is 2. The number of hydrazone groups is 1. The molecule has 0 atom stereocenters. The molecule has 0 aliphatic heterocycles. The van der Waals surface area contributed by atoms with Crippen LogP contribution in [0.5, 0.6) is 5.75 Å². The lowest BCUT2D eigenvalue weighted by Gasteiger charge is -2.09. The molecule has 4 nitrogen and oxygen atoms in total. The number of rotatable bonds is 4. The van der Waals surface area contributed by atoms with E-state index in [1.54, 1.807) is 38.3 Å². The number of anilines is 1. The fourth-order valence-electron chi connectivity index (χ4n) is 1.81. The van der Waals surface area contributed by atoms with Gasteiger partial charge in [-0.15, -0.1) is 0 Å². The smallest absolute Gasteiger partial charge is 0.191 e. The Morgan fingerprint density at radius 3 is 2.68 bits per heavy atom. The Hall–Kier alpha value is -2.47. The summed E-state index contributed by atoms with van der Waals surface area (Å²) in [6, 6.07) is 13.8. The first-order valence-corrected chi connectivity index (χ1v) is 7.01. The molecule has 0 radical (unpaired) electrons. The van der Waals surface area contributed by atoms with Crippen molar-refractivity contribution in [3.8, 4) is 5.75 Å². The van der Waals surface area contributed by atoms with E-state index in [-0.39, 0.29) is 5.82 Å². The molecule has 2 rings (SSSR count). The van der Waals surface area contributed by atoms with E-state index in [0.717, 1.165) is 11.4 Å². The number of methoxy groups -OCH3 is 1. The zero-order valence-electron chi connectivity index (χ0n) is 12.3. The zero-order chi connectivity index (χ0) is 15.9. The van der Waals surface area contributed by atoms with E-state index in [9.17, 15) is 4.39 Å². The van der Waals surface area contributed by atoms with Crippen LogP contribution in [0.4, 0.5) is 10.1 Å². The third-order valence-electron chi connectivity index (χ3n) is 2.92. The molecule has 0 saturated heterocycles. The van der Waals surface area contributed by atoms with Crippen LogP contribution in [0.1, 0.15) is 12.5 Å². The van der Waals surface area contributed by atoms with Gasteiger partial charge in [0, 0.05) is 17.3 Å². The van der Waals surface area contributed by atoms with E-state index in [1.165, 1.54) is 6.07 Å². The van der Waals surface area contributed by atoms with Crippen LogP contribution in [0.3, 0.4) is 0 Å². The van der Waals surface area contributed by atoms with Gasteiger partial charge in [-0.25, -0.2) is 4.39 Å². The quantitative estimate of drug-likeness (QED) is 0.514. The number of ether oxygens (including phenoxy) is 1. The van der Waals surface area contributed by atoms with Crippen LogP contribution in [-0.4, -0.2) is 17.9 Å². The van der Waals surface area contributed by atoms with Crippen LogP contribution in [0.25, 0.3) is 0 Å². The Balaban J connectivity index is 2.00. The number of nitrogens with zero attached hydrogens (tertiary/aromatic N) is 1. The van der Waals surface area contributed by atoms with E-state index in [1.807, 2.05) is 18.2 Å². The molecule has 0 aliphatic rings. The summed E-state index contributed by atoms with van der Waals surface area (Å²) in [6.45, 7) is 1.71. The summed E-state index contributed by atoms with van der Waals surface area (Å²) < 4.78 is 18.8. The summed E-state index contributed by atoms with van der Waals surface area (Å²) in [4.78, 5) is 0. The molecule has 2 N–H and O–H groups in total. The molecule has 114 valence electrons. The molecule has 0 spiro atoms. The van der Waals surface area contributed by atoms with Gasteiger partial charge in [-0.1, -0.05) is 24.3 Å². The van der Waals surface area contributed by atoms with Crippen LogP contribution >= 0.6 is 12.2 Å². The minimum atomic E-state index is -0.322. The van der Waals surface area contributed by atoms with Gasteiger partial charge in [0.1, 0.15) is 11.6 Å². The fourth-order valence-corrected chi connectivity index (χ4v) is 1.97. The SMILES string of the molecule is COc1cccc(NC(=S)N/N=C(\C)c2ccccc2F)c1. The molecular weight excluding hydrogens is 301 g/mol. The summed E-state index contributed by atoms with van der Waals surface area (Å²) in [5.74, 6) is 0.399. The predicted octanol–water partition coefficient (Wildman–Crippen LogP) is 3.54. The highest BCUT2D eigenvalue weighted by Crippen LogP contribution is 2.16. The molecule has 0 aliphatic carbocycles. The van der Waals surface area contributed by atoms with Gasteiger partial charge >= 0.3 is 0 Å². The zero-order valence-corrected chi connectivity index (χ0v) is 13.1. The van der Waals surface area contributed by atoms with Gasteiger partial charge in [0.2, 0.25) is 0 Å². The molecule has 6 heteroatoms. The molecule has 0 fully saturated rings. The first kappa shape index (κ1) is 15.9. The van der Waals surface area contributed by atoms with Gasteiger partial charge in [0.15, 0.2) is 5.11 Å². The van der Waals surface area contributed by atoms with Crippen LogP contribution in [0, 0.1) is 5.82 Å². The summed E-state index contributed by atoms with van der Waals surface area (Å²) in [5, 5.41) is 7.37. The van der Waals surface area contributed by atoms with Gasteiger partial charge in [-0.05, 0) is 37.3 Å². The van der Waals surface area contributed by atoms with Crippen LogP contribution in [0.15, 0.2) is 53.6 Å². The van der Waals surface area contributed by atoms with E-state index >= 15 is 0 Å². The Labute approximate surface area is 134 Å². The Bertz CT molecular complexity index is 703. The van der Waals surface area contributed by atoms with Crippen LogP contribution in [-0.2, 0) is 0 Å². The molecule has 0 amide bonds. The second kappa shape index (κ2) is 7.51. The Morgan fingerprint density at radius 1 is 1.18 bits per heavy atom. The molecule has 2 aromatic rings. The van der Waals surface area contributed by atoms with Crippen LogP contribution in [0.2, 0.25) is 0 Å². The van der Waals surface area contributed by atoms with E-state index in [2.05, 4.69) is 15.8 Å². The lowest BCUT2D eigenvalue weighted by atomic mass is 10.1. The normalized spacial score (nSPS) is 11.0. The minimum absolute atomic E-state index is 0.309. The fraction of sp³-hybridized carbons (Fsp3) is 0.125. The average Bonchev–Trinajstić information content (AvgIpc) is 2.53. The highest BCUT2D eigenvalue weighted by molar-refractivity contribution is 7.80. The summed E-state index contributed by atoms with van der Waals surface area (Å²) in [6.07, 6.45) is 0. The minimum Gasteiger partial charge on any atom is -0.497 e. The van der Waals surface area contributed by atoms with Gasteiger partial charge in [0.05, 0.1) is 12.8 Å². The van der Waals surface area contributed by atoms with Crippen molar-refractivity contribution in [2.45, 2.75) is 6.92 Å². The topological polar surface area (TPSA) is 45.6 Å². The summed E-state index contributed by atoms with van der Waals surface area (Å²) in [5.41, 5.74) is 4.41. The maximum atomic E-state index is 13.6. The van der Waals surface area contributed by atoms with Crippen molar-refractivity contribution in [1.29, 1.82) is 0 Å². The number of benzene rings is 2. The van der Waals surface area contributed by atoms with Gasteiger partial charge in [-0.2, -0.15) is 5.10 Å². The van der Waals surface area contributed by atoms with Crippen molar-refractivity contribution in [2.75, 3.05) is 12.4 Å². The monoisotopic (exact) mass is 317 g/mol. The Morgan fingerprint density at radius 2 is 1.95 bits per heavy atom. The first-order chi connectivity index (χ1) is 10.6. The number of hydrogen-bond acceptors (Lipinski definition) is 3.